The fraction of sp³-hybridized carbons (Fsp3) is 0.526. The Kier molecular flexibility index (Phi) is 11.4. The van der Waals surface area contributed by atoms with Crippen LogP contribution in [0.15, 0.2) is 48.5 Å². The van der Waals surface area contributed by atoms with E-state index < -0.39 is 36.7 Å². The normalized spacial score (nSPS) is 22.3. The van der Waals surface area contributed by atoms with Crippen LogP contribution >= 0.6 is 0 Å². The summed E-state index contributed by atoms with van der Waals surface area (Å²) in [5, 5.41) is 11.3. The monoisotopic (exact) mass is 728 g/mol. The van der Waals surface area contributed by atoms with Crippen molar-refractivity contribution < 1.29 is 36.3 Å². The van der Waals surface area contributed by atoms with E-state index in [9.17, 15) is 22.8 Å². The number of likely N-dealkylation sites (tertiary alicyclic amines) is 3. The number of halogens is 5. The van der Waals surface area contributed by atoms with Crippen LogP contribution in [0.5, 0.6) is 11.5 Å². The van der Waals surface area contributed by atoms with E-state index in [0.717, 1.165) is 11.3 Å². The molecule has 3 aromatic rings. The van der Waals surface area contributed by atoms with Crippen LogP contribution in [0.2, 0.25) is 0 Å². The van der Waals surface area contributed by atoms with Gasteiger partial charge in [-0.2, -0.15) is 23.4 Å². The number of piperidine rings is 2. The molecule has 3 aliphatic rings. The number of amides is 2. The summed E-state index contributed by atoms with van der Waals surface area (Å²) in [6.45, 7) is 6.75. The summed E-state index contributed by atoms with van der Waals surface area (Å²) < 4.78 is 75.8. The summed E-state index contributed by atoms with van der Waals surface area (Å²) in [5.41, 5.74) is 2.44. The topological polar surface area (TPSA) is 90.9 Å². The van der Waals surface area contributed by atoms with Gasteiger partial charge in [0.1, 0.15) is 23.5 Å². The Morgan fingerprint density at radius 1 is 1.00 bits per heavy atom. The Morgan fingerprint density at radius 3 is 2.33 bits per heavy atom. The standard InChI is InChI=1S/C38H45F5N6O3/c1-23(2)32-8-9-33(46-45-32)25-4-6-28(7-5-25)52-35-18-29(30(39)17-26(35)20-49-19-24(3)16-36(49)50)37(51)44-34-12-15-48(21-31(34)40)27-10-13-47(14-11-27)22-38(41,42)43/h4-9,17-18,23-24,27,31,34H,10-16,19-22H2,1-3H3,(H,44,51)/t24-,31-,34+/m0/s1. The third-order valence-electron chi connectivity index (χ3n) is 10.2. The largest absolute Gasteiger partial charge is 0.457 e. The Labute approximate surface area is 300 Å². The maximum atomic E-state index is 15.7. The minimum atomic E-state index is -4.26. The van der Waals surface area contributed by atoms with Crippen molar-refractivity contribution >= 4 is 11.8 Å². The number of nitrogens with zero attached hydrogens (tertiary/aromatic N) is 5. The number of hydrogen-bond donors (Lipinski definition) is 1. The number of aromatic nitrogens is 2. The van der Waals surface area contributed by atoms with Crippen LogP contribution in [0.1, 0.15) is 74.0 Å². The predicted octanol–water partition coefficient (Wildman–Crippen LogP) is 6.74. The van der Waals surface area contributed by atoms with Gasteiger partial charge in [-0.3, -0.25) is 19.4 Å². The molecule has 14 heteroatoms. The highest BCUT2D eigenvalue weighted by Crippen LogP contribution is 2.33. The molecular weight excluding hydrogens is 683 g/mol. The van der Waals surface area contributed by atoms with E-state index in [1.807, 2.05) is 49.9 Å². The van der Waals surface area contributed by atoms with Crippen molar-refractivity contribution in [2.45, 2.75) is 83.3 Å². The number of ether oxygens (including phenoxy) is 1. The number of carbonyl (C=O) groups is 2. The molecule has 1 N–H and O–H groups in total. The van der Waals surface area contributed by atoms with Crippen molar-refractivity contribution in [2.75, 3.05) is 39.3 Å². The lowest BCUT2D eigenvalue weighted by Gasteiger charge is -2.43. The zero-order valence-corrected chi connectivity index (χ0v) is 29.6. The second-order valence-electron chi connectivity index (χ2n) is 14.6. The van der Waals surface area contributed by atoms with Gasteiger partial charge in [-0.25, -0.2) is 8.78 Å². The lowest BCUT2D eigenvalue weighted by atomic mass is 9.96. The molecule has 9 nitrogen and oxygen atoms in total. The van der Waals surface area contributed by atoms with Crippen molar-refractivity contribution in [1.82, 2.24) is 30.2 Å². The summed E-state index contributed by atoms with van der Waals surface area (Å²) in [6, 6.07) is 12.5. The SMILES string of the molecule is CC(C)c1ccc(-c2ccc(Oc3cc(C(=O)N[C@@H]4CCN(C5CCN(CC(F)(F)F)CC5)C[C@@H]4F)c(F)cc3CN3C[C@@H](C)CC3=O)cc2)nn1. The van der Waals surface area contributed by atoms with Gasteiger partial charge in [0.05, 0.1) is 29.5 Å². The number of rotatable bonds is 10. The summed E-state index contributed by atoms with van der Waals surface area (Å²) in [7, 11) is 0. The molecule has 2 aromatic carbocycles. The van der Waals surface area contributed by atoms with Crippen molar-refractivity contribution in [3.8, 4) is 22.8 Å². The van der Waals surface area contributed by atoms with Gasteiger partial charge in [0.15, 0.2) is 0 Å². The van der Waals surface area contributed by atoms with Gasteiger partial charge in [0.25, 0.3) is 5.91 Å². The van der Waals surface area contributed by atoms with Crippen LogP contribution in [0, 0.1) is 11.7 Å². The molecule has 3 atom stereocenters. The zero-order chi connectivity index (χ0) is 37.2. The van der Waals surface area contributed by atoms with Crippen molar-refractivity contribution in [3.63, 3.8) is 0 Å². The molecule has 4 heterocycles. The third kappa shape index (κ3) is 9.24. The van der Waals surface area contributed by atoms with E-state index in [2.05, 4.69) is 15.5 Å². The number of nitrogens with one attached hydrogen (secondary N) is 1. The number of benzene rings is 2. The van der Waals surface area contributed by atoms with Crippen molar-refractivity contribution in [1.29, 1.82) is 0 Å². The second kappa shape index (κ2) is 15.8. The van der Waals surface area contributed by atoms with Crippen molar-refractivity contribution in [3.05, 3.63) is 71.2 Å². The molecule has 0 aliphatic carbocycles. The smallest absolute Gasteiger partial charge is 0.401 e. The van der Waals surface area contributed by atoms with Gasteiger partial charge in [-0.1, -0.05) is 20.8 Å². The molecule has 0 bridgehead atoms. The van der Waals surface area contributed by atoms with E-state index >= 15 is 8.78 Å². The number of alkyl halides is 4. The lowest BCUT2D eigenvalue weighted by Crippen LogP contribution is -2.56. The molecule has 280 valence electrons. The Morgan fingerprint density at radius 2 is 1.73 bits per heavy atom. The van der Waals surface area contributed by atoms with Gasteiger partial charge in [0, 0.05) is 49.8 Å². The zero-order valence-electron chi connectivity index (χ0n) is 29.6. The Hall–Kier alpha value is -4.17. The summed E-state index contributed by atoms with van der Waals surface area (Å²) >= 11 is 0. The first kappa shape index (κ1) is 37.6. The maximum absolute atomic E-state index is 15.7. The van der Waals surface area contributed by atoms with Crippen LogP contribution in [0.25, 0.3) is 11.3 Å². The molecular formula is C38H45F5N6O3. The first-order chi connectivity index (χ1) is 24.7. The fourth-order valence-electron chi connectivity index (χ4n) is 7.31. The van der Waals surface area contributed by atoms with E-state index in [1.165, 1.54) is 17.0 Å². The molecule has 52 heavy (non-hydrogen) atoms. The van der Waals surface area contributed by atoms with Crippen LogP contribution in [0.3, 0.4) is 0 Å². The average molecular weight is 729 g/mol. The third-order valence-corrected chi connectivity index (χ3v) is 10.2. The number of hydrogen-bond acceptors (Lipinski definition) is 7. The van der Waals surface area contributed by atoms with E-state index in [1.54, 1.807) is 17.0 Å². The molecule has 2 amide bonds. The fourth-order valence-corrected chi connectivity index (χ4v) is 7.31. The first-order valence-electron chi connectivity index (χ1n) is 17.9. The quantitative estimate of drug-likeness (QED) is 0.232. The molecule has 0 radical (unpaired) electrons. The molecule has 1 aromatic heterocycles. The lowest BCUT2D eigenvalue weighted by molar-refractivity contribution is -0.149. The maximum Gasteiger partial charge on any atom is 0.401 e. The Bertz CT molecular complexity index is 1710. The predicted molar refractivity (Wildman–Crippen MR) is 185 cm³/mol. The van der Waals surface area contributed by atoms with E-state index in [-0.39, 0.29) is 67.7 Å². The summed E-state index contributed by atoms with van der Waals surface area (Å²) in [6.07, 6.45) is -4.03. The van der Waals surface area contributed by atoms with Gasteiger partial charge >= 0.3 is 6.18 Å². The minimum Gasteiger partial charge on any atom is -0.457 e. The van der Waals surface area contributed by atoms with Crippen LogP contribution in [0.4, 0.5) is 22.0 Å². The summed E-state index contributed by atoms with van der Waals surface area (Å²) in [5.74, 6) is -0.664. The summed E-state index contributed by atoms with van der Waals surface area (Å²) in [4.78, 5) is 31.0. The molecule has 6 rings (SSSR count). The molecule has 3 aliphatic heterocycles. The van der Waals surface area contributed by atoms with Crippen LogP contribution < -0.4 is 10.1 Å². The van der Waals surface area contributed by atoms with E-state index in [0.29, 0.717) is 49.4 Å². The van der Waals surface area contributed by atoms with E-state index in [4.69, 9.17) is 4.74 Å². The molecule has 0 saturated carbocycles. The first-order valence-corrected chi connectivity index (χ1v) is 17.9. The average Bonchev–Trinajstić information content (AvgIpc) is 3.42. The van der Waals surface area contributed by atoms with Crippen molar-refractivity contribution in [2.24, 2.45) is 5.92 Å². The highest BCUT2D eigenvalue weighted by Gasteiger charge is 2.37. The van der Waals surface area contributed by atoms with Gasteiger partial charge < -0.3 is 15.0 Å². The van der Waals surface area contributed by atoms with Gasteiger partial charge in [0.2, 0.25) is 5.91 Å². The second-order valence-corrected chi connectivity index (χ2v) is 14.6. The van der Waals surface area contributed by atoms with Gasteiger partial charge in [-0.05, 0) is 92.7 Å². The highest BCUT2D eigenvalue weighted by molar-refractivity contribution is 5.95. The number of carbonyl (C=O) groups excluding carboxylic acids is 2. The molecule has 3 fully saturated rings. The molecule has 0 spiro atoms. The van der Waals surface area contributed by atoms with Gasteiger partial charge in [-0.15, -0.1) is 0 Å². The molecule has 0 unspecified atom stereocenters. The minimum absolute atomic E-state index is 0.0242. The molecule has 3 saturated heterocycles. The Balaban J connectivity index is 1.14. The highest BCUT2D eigenvalue weighted by atomic mass is 19.4. The van der Waals surface area contributed by atoms with Crippen LogP contribution in [-0.4, -0.2) is 100 Å². The van der Waals surface area contributed by atoms with Crippen LogP contribution in [-0.2, 0) is 11.3 Å².